The Labute approximate surface area is 78.6 Å². The summed E-state index contributed by atoms with van der Waals surface area (Å²) in [4.78, 5) is 3.87. The molecule has 2 bridgehead atoms. The molecule has 3 heteroatoms. The van der Waals surface area contributed by atoms with E-state index in [1.807, 2.05) is 0 Å². The third-order valence-corrected chi connectivity index (χ3v) is 4.35. The summed E-state index contributed by atoms with van der Waals surface area (Å²) in [5.41, 5.74) is -0.647. The second-order valence-electron chi connectivity index (χ2n) is 5.21. The standard InChI is InChI=1S/C10H17O3/c1-9(2)7-3-4-10(11,6-13-12)8(9)5-7/h7-8,11H,3-6H2,1-2H3/t7-,8+,10+/m1/s1. The van der Waals surface area contributed by atoms with Gasteiger partial charge in [0.2, 0.25) is 0 Å². The van der Waals surface area contributed by atoms with E-state index in [0.29, 0.717) is 0 Å². The number of aliphatic hydroxyl groups is 1. The van der Waals surface area contributed by atoms with Crippen LogP contribution in [-0.4, -0.2) is 17.3 Å². The smallest absolute Gasteiger partial charge is 0.114 e. The Morgan fingerprint density at radius 2 is 2.23 bits per heavy atom. The van der Waals surface area contributed by atoms with E-state index >= 15 is 0 Å². The molecule has 3 rings (SSSR count). The van der Waals surface area contributed by atoms with Gasteiger partial charge in [0.1, 0.15) is 6.61 Å². The summed E-state index contributed by atoms with van der Waals surface area (Å²) >= 11 is 0. The average Bonchev–Trinajstić information content (AvgIpc) is 2.03. The molecule has 1 N–H and O–H groups in total. The van der Waals surface area contributed by atoms with Crippen molar-refractivity contribution in [1.82, 2.24) is 0 Å². The van der Waals surface area contributed by atoms with Crippen molar-refractivity contribution in [2.24, 2.45) is 17.3 Å². The highest BCUT2D eigenvalue weighted by molar-refractivity contribution is 5.10. The molecule has 3 aliphatic carbocycles. The van der Waals surface area contributed by atoms with Gasteiger partial charge in [-0.2, -0.15) is 0 Å². The van der Waals surface area contributed by atoms with Gasteiger partial charge in [0.15, 0.2) is 0 Å². The molecule has 0 aromatic carbocycles. The van der Waals surface area contributed by atoms with Crippen LogP contribution in [0.3, 0.4) is 0 Å². The van der Waals surface area contributed by atoms with E-state index in [1.165, 1.54) is 0 Å². The van der Waals surface area contributed by atoms with Gasteiger partial charge in [-0.3, -0.25) is 0 Å². The topological polar surface area (TPSA) is 49.4 Å². The molecule has 1 radical (unpaired) electrons. The molecule has 0 unspecified atom stereocenters. The summed E-state index contributed by atoms with van der Waals surface area (Å²) < 4.78 is 0. The zero-order valence-corrected chi connectivity index (χ0v) is 8.25. The monoisotopic (exact) mass is 185 g/mol. The van der Waals surface area contributed by atoms with Crippen molar-refractivity contribution in [1.29, 1.82) is 0 Å². The van der Waals surface area contributed by atoms with Crippen LogP contribution in [0, 0.1) is 17.3 Å². The van der Waals surface area contributed by atoms with Gasteiger partial charge in [-0.25, -0.2) is 4.89 Å². The molecule has 3 nitrogen and oxygen atoms in total. The van der Waals surface area contributed by atoms with Gasteiger partial charge in [-0.15, -0.1) is 0 Å². The van der Waals surface area contributed by atoms with Crippen LogP contribution in [0.2, 0.25) is 0 Å². The minimum Gasteiger partial charge on any atom is -0.387 e. The third kappa shape index (κ3) is 1.14. The summed E-state index contributed by atoms with van der Waals surface area (Å²) in [6.07, 6.45) is 2.82. The van der Waals surface area contributed by atoms with Crippen LogP contribution in [0.25, 0.3) is 0 Å². The maximum atomic E-state index is 10.2. The lowest BCUT2D eigenvalue weighted by atomic mass is 9.44. The van der Waals surface area contributed by atoms with E-state index in [0.717, 1.165) is 25.2 Å². The summed E-state index contributed by atoms with van der Waals surface area (Å²) in [6, 6.07) is 0. The van der Waals surface area contributed by atoms with Crippen LogP contribution < -0.4 is 0 Å². The van der Waals surface area contributed by atoms with Crippen molar-refractivity contribution < 1.29 is 15.3 Å². The van der Waals surface area contributed by atoms with Gasteiger partial charge in [-0.1, -0.05) is 13.8 Å². The van der Waals surface area contributed by atoms with Gasteiger partial charge in [-0.05, 0) is 41.8 Å². The zero-order valence-electron chi connectivity index (χ0n) is 8.25. The SMILES string of the molecule is CC1(C)[C@@H]2CC[C@](O)(CO[O])[C@H]1C2. The van der Waals surface area contributed by atoms with Gasteiger partial charge >= 0.3 is 0 Å². The predicted molar refractivity (Wildman–Crippen MR) is 46.2 cm³/mol. The Kier molecular flexibility index (Phi) is 1.95. The lowest BCUT2D eigenvalue weighted by molar-refractivity contribution is -0.347. The van der Waals surface area contributed by atoms with Crippen LogP contribution >= 0.6 is 0 Å². The van der Waals surface area contributed by atoms with Crippen molar-refractivity contribution in [3.63, 3.8) is 0 Å². The van der Waals surface area contributed by atoms with Crippen LogP contribution in [0.5, 0.6) is 0 Å². The molecule has 3 atom stereocenters. The number of fused-ring (bicyclic) bond motifs is 2. The molecule has 0 amide bonds. The second kappa shape index (κ2) is 2.69. The maximum absolute atomic E-state index is 10.2. The molecular formula is C10H17O3. The van der Waals surface area contributed by atoms with Crippen LogP contribution in [0.15, 0.2) is 0 Å². The molecule has 0 spiro atoms. The first-order valence-corrected chi connectivity index (χ1v) is 4.98. The molecule has 13 heavy (non-hydrogen) atoms. The fraction of sp³-hybridized carbons (Fsp3) is 1.00. The number of hydrogen-bond donors (Lipinski definition) is 1. The molecule has 0 heterocycles. The predicted octanol–water partition coefficient (Wildman–Crippen LogP) is 1.54. The van der Waals surface area contributed by atoms with Gasteiger partial charge in [0.05, 0.1) is 5.60 Å². The molecule has 0 aromatic rings. The first kappa shape index (κ1) is 9.44. The highest BCUT2D eigenvalue weighted by Crippen LogP contribution is 2.62. The van der Waals surface area contributed by atoms with E-state index in [-0.39, 0.29) is 17.9 Å². The van der Waals surface area contributed by atoms with Crippen LogP contribution in [0.1, 0.15) is 33.1 Å². The lowest BCUT2D eigenvalue weighted by Gasteiger charge is -2.62. The van der Waals surface area contributed by atoms with E-state index < -0.39 is 5.60 Å². The summed E-state index contributed by atoms with van der Waals surface area (Å²) in [7, 11) is 0. The minimum atomic E-state index is -0.847. The molecule has 3 saturated carbocycles. The Hall–Kier alpha value is -0.120. The molecule has 0 aliphatic heterocycles. The third-order valence-electron chi connectivity index (χ3n) is 4.35. The Morgan fingerprint density at radius 1 is 1.54 bits per heavy atom. The minimum absolute atomic E-state index is 0.0478. The van der Waals surface area contributed by atoms with Crippen molar-refractivity contribution >= 4 is 0 Å². The van der Waals surface area contributed by atoms with E-state index in [1.54, 1.807) is 0 Å². The Morgan fingerprint density at radius 3 is 2.69 bits per heavy atom. The molecule has 3 fully saturated rings. The Bertz CT molecular complexity index is 208. The molecular weight excluding hydrogens is 168 g/mol. The first-order valence-electron chi connectivity index (χ1n) is 4.98. The molecule has 75 valence electrons. The summed E-state index contributed by atoms with van der Waals surface area (Å²) in [6.45, 7) is 4.31. The average molecular weight is 185 g/mol. The summed E-state index contributed by atoms with van der Waals surface area (Å²) in [5.74, 6) is 0.997. The van der Waals surface area contributed by atoms with E-state index in [9.17, 15) is 10.4 Å². The number of hydrogen-bond acceptors (Lipinski definition) is 2. The maximum Gasteiger partial charge on any atom is 0.114 e. The van der Waals surface area contributed by atoms with Gasteiger partial charge < -0.3 is 5.11 Å². The van der Waals surface area contributed by atoms with Crippen molar-refractivity contribution in [3.8, 4) is 0 Å². The normalized spacial score (nSPS) is 47.1. The van der Waals surface area contributed by atoms with Crippen LogP contribution in [-0.2, 0) is 10.1 Å². The zero-order chi connectivity index (χ0) is 9.69. The van der Waals surface area contributed by atoms with E-state index in [4.69, 9.17) is 0 Å². The molecule has 0 aromatic heterocycles. The Balaban J connectivity index is 2.14. The molecule has 3 aliphatic rings. The highest BCUT2D eigenvalue weighted by Gasteiger charge is 2.60. The lowest BCUT2D eigenvalue weighted by Crippen LogP contribution is -2.63. The number of rotatable bonds is 2. The van der Waals surface area contributed by atoms with Gasteiger partial charge in [0, 0.05) is 0 Å². The fourth-order valence-corrected chi connectivity index (χ4v) is 3.29. The fourth-order valence-electron chi connectivity index (χ4n) is 3.29. The van der Waals surface area contributed by atoms with E-state index in [2.05, 4.69) is 18.7 Å². The molecule has 0 saturated heterocycles. The van der Waals surface area contributed by atoms with Crippen molar-refractivity contribution in [2.45, 2.75) is 38.7 Å². The first-order chi connectivity index (χ1) is 6.00. The highest BCUT2D eigenvalue weighted by atomic mass is 17.1. The largest absolute Gasteiger partial charge is 0.387 e. The quantitative estimate of drug-likeness (QED) is 0.524. The van der Waals surface area contributed by atoms with Crippen molar-refractivity contribution in [2.75, 3.05) is 6.61 Å². The van der Waals surface area contributed by atoms with Gasteiger partial charge in [0.25, 0.3) is 0 Å². The summed E-state index contributed by atoms with van der Waals surface area (Å²) in [5, 5.41) is 20.3. The second-order valence-corrected chi connectivity index (χ2v) is 5.21. The van der Waals surface area contributed by atoms with Crippen molar-refractivity contribution in [3.05, 3.63) is 0 Å². The van der Waals surface area contributed by atoms with Crippen LogP contribution in [0.4, 0.5) is 0 Å².